The number of nitrogens with zero attached hydrogens (tertiary/aromatic N) is 2. The standard InChI is InChI=1S/C17H31N3/c1-12(2)14(4)20(8)16-9-13(3)18-10-15(16)11-19-17(5,6)7/h9-10,12,14,19H,11H2,1-8H3. The molecule has 0 saturated carbocycles. The van der Waals surface area contributed by atoms with E-state index in [-0.39, 0.29) is 5.54 Å². The number of nitrogens with one attached hydrogen (secondary N) is 1. The molecule has 0 bridgehead atoms. The van der Waals surface area contributed by atoms with Gasteiger partial charge in [0.25, 0.3) is 0 Å². The van der Waals surface area contributed by atoms with E-state index in [1.54, 1.807) is 0 Å². The minimum Gasteiger partial charge on any atom is -0.371 e. The first-order valence-corrected chi connectivity index (χ1v) is 7.55. The normalized spacial score (nSPS) is 13.7. The number of pyridine rings is 1. The van der Waals surface area contributed by atoms with Gasteiger partial charge in [0.05, 0.1) is 0 Å². The summed E-state index contributed by atoms with van der Waals surface area (Å²) in [7, 11) is 2.18. The van der Waals surface area contributed by atoms with Gasteiger partial charge in [-0.05, 0) is 46.6 Å². The van der Waals surface area contributed by atoms with Crippen molar-refractivity contribution in [1.29, 1.82) is 0 Å². The van der Waals surface area contributed by atoms with E-state index >= 15 is 0 Å². The summed E-state index contributed by atoms with van der Waals surface area (Å²) in [6, 6.07) is 2.70. The van der Waals surface area contributed by atoms with Crippen molar-refractivity contribution >= 4 is 5.69 Å². The van der Waals surface area contributed by atoms with Crippen LogP contribution in [0.4, 0.5) is 5.69 Å². The summed E-state index contributed by atoms with van der Waals surface area (Å²) in [5, 5.41) is 3.55. The van der Waals surface area contributed by atoms with Gasteiger partial charge in [-0.3, -0.25) is 4.98 Å². The molecule has 0 aliphatic heterocycles. The van der Waals surface area contributed by atoms with E-state index in [1.807, 2.05) is 6.20 Å². The Bertz CT molecular complexity index is 432. The van der Waals surface area contributed by atoms with Crippen LogP contribution in [0.25, 0.3) is 0 Å². The molecule has 0 saturated heterocycles. The van der Waals surface area contributed by atoms with Gasteiger partial charge in [0.1, 0.15) is 0 Å². The van der Waals surface area contributed by atoms with E-state index in [0.29, 0.717) is 12.0 Å². The van der Waals surface area contributed by atoms with Gasteiger partial charge in [0.2, 0.25) is 0 Å². The number of anilines is 1. The van der Waals surface area contributed by atoms with Gasteiger partial charge in [0, 0.05) is 48.3 Å². The Morgan fingerprint density at radius 1 is 1.25 bits per heavy atom. The van der Waals surface area contributed by atoms with Crippen molar-refractivity contribution in [3.8, 4) is 0 Å². The van der Waals surface area contributed by atoms with Crippen LogP contribution in [0.2, 0.25) is 0 Å². The fraction of sp³-hybridized carbons (Fsp3) is 0.706. The van der Waals surface area contributed by atoms with Crippen LogP contribution in [0.1, 0.15) is 52.8 Å². The second kappa shape index (κ2) is 6.57. The highest BCUT2D eigenvalue weighted by atomic mass is 15.1. The summed E-state index contributed by atoms with van der Waals surface area (Å²) >= 11 is 0. The molecular formula is C17H31N3. The summed E-state index contributed by atoms with van der Waals surface area (Å²) in [5.74, 6) is 0.622. The van der Waals surface area contributed by atoms with Crippen molar-refractivity contribution in [2.75, 3.05) is 11.9 Å². The lowest BCUT2D eigenvalue weighted by atomic mass is 10.0. The van der Waals surface area contributed by atoms with E-state index in [0.717, 1.165) is 12.2 Å². The summed E-state index contributed by atoms with van der Waals surface area (Å²) in [4.78, 5) is 6.83. The first-order chi connectivity index (χ1) is 9.11. The van der Waals surface area contributed by atoms with Crippen molar-refractivity contribution in [2.24, 2.45) is 5.92 Å². The molecule has 0 amide bonds. The highest BCUT2D eigenvalue weighted by molar-refractivity contribution is 5.53. The van der Waals surface area contributed by atoms with Gasteiger partial charge in [0.15, 0.2) is 0 Å². The van der Waals surface area contributed by atoms with Crippen LogP contribution >= 0.6 is 0 Å². The molecule has 1 rings (SSSR count). The zero-order valence-electron chi connectivity index (χ0n) is 14.4. The van der Waals surface area contributed by atoms with Crippen LogP contribution in [0.3, 0.4) is 0 Å². The van der Waals surface area contributed by atoms with Crippen LogP contribution in [0.5, 0.6) is 0 Å². The fourth-order valence-electron chi connectivity index (χ4n) is 2.07. The Morgan fingerprint density at radius 2 is 1.85 bits per heavy atom. The van der Waals surface area contributed by atoms with E-state index in [2.05, 4.69) is 76.8 Å². The van der Waals surface area contributed by atoms with E-state index < -0.39 is 0 Å². The number of aryl methyl sites for hydroxylation is 1. The van der Waals surface area contributed by atoms with Gasteiger partial charge >= 0.3 is 0 Å². The number of hydrogen-bond donors (Lipinski definition) is 1. The van der Waals surface area contributed by atoms with Crippen LogP contribution in [0, 0.1) is 12.8 Å². The van der Waals surface area contributed by atoms with Crippen LogP contribution in [-0.4, -0.2) is 23.6 Å². The largest absolute Gasteiger partial charge is 0.371 e. The summed E-state index contributed by atoms with van der Waals surface area (Å²) in [6.45, 7) is 16.3. The Labute approximate surface area is 124 Å². The fourth-order valence-corrected chi connectivity index (χ4v) is 2.07. The second-order valence-corrected chi connectivity index (χ2v) is 7.15. The monoisotopic (exact) mass is 277 g/mol. The Morgan fingerprint density at radius 3 is 2.35 bits per heavy atom. The average molecular weight is 277 g/mol. The third-order valence-corrected chi connectivity index (χ3v) is 3.86. The van der Waals surface area contributed by atoms with Crippen molar-refractivity contribution < 1.29 is 0 Å². The first kappa shape index (κ1) is 17.0. The number of aromatic nitrogens is 1. The zero-order valence-corrected chi connectivity index (χ0v) is 14.4. The molecule has 1 N–H and O–H groups in total. The summed E-state index contributed by atoms with van der Waals surface area (Å²) < 4.78 is 0. The van der Waals surface area contributed by atoms with Crippen molar-refractivity contribution in [1.82, 2.24) is 10.3 Å². The molecule has 1 heterocycles. The minimum atomic E-state index is 0.115. The molecule has 0 aliphatic carbocycles. The van der Waals surface area contributed by atoms with Crippen LogP contribution in [0.15, 0.2) is 12.3 Å². The Kier molecular flexibility index (Phi) is 5.58. The molecular weight excluding hydrogens is 246 g/mol. The van der Waals surface area contributed by atoms with Crippen LogP contribution in [-0.2, 0) is 6.54 Å². The van der Waals surface area contributed by atoms with Crippen molar-refractivity contribution in [3.05, 3.63) is 23.5 Å². The van der Waals surface area contributed by atoms with Crippen molar-refractivity contribution in [3.63, 3.8) is 0 Å². The summed E-state index contributed by atoms with van der Waals surface area (Å²) in [6.07, 6.45) is 2.01. The second-order valence-electron chi connectivity index (χ2n) is 7.15. The van der Waals surface area contributed by atoms with Gasteiger partial charge < -0.3 is 10.2 Å². The van der Waals surface area contributed by atoms with Gasteiger partial charge in [-0.15, -0.1) is 0 Å². The molecule has 1 aromatic heterocycles. The van der Waals surface area contributed by atoms with Gasteiger partial charge in [-0.2, -0.15) is 0 Å². The third kappa shape index (κ3) is 4.78. The molecule has 1 aromatic rings. The molecule has 0 fully saturated rings. The highest BCUT2D eigenvalue weighted by Crippen LogP contribution is 2.24. The van der Waals surface area contributed by atoms with E-state index in [4.69, 9.17) is 0 Å². The lowest BCUT2D eigenvalue weighted by Gasteiger charge is -2.32. The topological polar surface area (TPSA) is 28.2 Å². The maximum atomic E-state index is 4.46. The van der Waals surface area contributed by atoms with Crippen LogP contribution < -0.4 is 10.2 Å². The average Bonchev–Trinajstić information content (AvgIpc) is 2.34. The molecule has 20 heavy (non-hydrogen) atoms. The SMILES string of the molecule is Cc1cc(N(C)C(C)C(C)C)c(CNC(C)(C)C)cn1. The first-order valence-electron chi connectivity index (χ1n) is 7.55. The summed E-state index contributed by atoms with van der Waals surface area (Å²) in [5.41, 5.74) is 3.74. The predicted octanol–water partition coefficient (Wildman–Crippen LogP) is 3.76. The molecule has 1 unspecified atom stereocenters. The Hall–Kier alpha value is -1.09. The molecule has 0 radical (unpaired) electrons. The molecule has 0 spiro atoms. The van der Waals surface area contributed by atoms with E-state index in [9.17, 15) is 0 Å². The molecule has 0 aliphatic rings. The highest BCUT2D eigenvalue weighted by Gasteiger charge is 2.18. The lowest BCUT2D eigenvalue weighted by molar-refractivity contribution is 0.423. The van der Waals surface area contributed by atoms with E-state index in [1.165, 1.54) is 11.3 Å². The maximum absolute atomic E-state index is 4.46. The van der Waals surface area contributed by atoms with Gasteiger partial charge in [-0.25, -0.2) is 0 Å². The number of rotatable bonds is 5. The quantitative estimate of drug-likeness (QED) is 0.888. The molecule has 114 valence electrons. The smallest absolute Gasteiger partial charge is 0.0445 e. The lowest BCUT2D eigenvalue weighted by Crippen LogP contribution is -2.37. The van der Waals surface area contributed by atoms with Gasteiger partial charge in [-0.1, -0.05) is 13.8 Å². The zero-order chi connectivity index (χ0) is 15.5. The maximum Gasteiger partial charge on any atom is 0.0445 e. The molecule has 1 atom stereocenters. The van der Waals surface area contributed by atoms with Crippen molar-refractivity contribution in [2.45, 2.75) is 66.6 Å². The minimum absolute atomic E-state index is 0.115. The molecule has 0 aromatic carbocycles. The predicted molar refractivity (Wildman–Crippen MR) is 88.3 cm³/mol. The molecule has 3 nitrogen and oxygen atoms in total. The Balaban J connectivity index is 3.01. The number of hydrogen-bond acceptors (Lipinski definition) is 3. The third-order valence-electron chi connectivity index (χ3n) is 3.86. The molecule has 3 heteroatoms.